The predicted molar refractivity (Wildman–Crippen MR) is 35.1 cm³/mol. The van der Waals surface area contributed by atoms with Gasteiger partial charge >= 0.3 is 6.18 Å². The Morgan fingerprint density at radius 2 is 2.00 bits per heavy atom. The van der Waals surface area contributed by atoms with Crippen LogP contribution in [0.3, 0.4) is 0 Å². The van der Waals surface area contributed by atoms with Gasteiger partial charge in [0.1, 0.15) is 0 Å². The lowest BCUT2D eigenvalue weighted by Gasteiger charge is -2.17. The molecule has 5 heteroatoms. The van der Waals surface area contributed by atoms with Gasteiger partial charge in [-0.1, -0.05) is 0 Å². The molecule has 2 N–H and O–H groups in total. The minimum absolute atomic E-state index is 0.0590. The van der Waals surface area contributed by atoms with Gasteiger partial charge < -0.3 is 10.5 Å². The topological polar surface area (TPSA) is 35.2 Å². The van der Waals surface area contributed by atoms with Crippen LogP contribution >= 0.6 is 0 Å². The average Bonchev–Trinajstić information content (AvgIpc) is 1.87. The molecular weight excluding hydrogens is 159 g/mol. The zero-order chi connectivity index (χ0) is 8.91. The van der Waals surface area contributed by atoms with Crippen LogP contribution in [0.2, 0.25) is 0 Å². The fourth-order valence-electron chi connectivity index (χ4n) is 0.718. The lowest BCUT2D eigenvalue weighted by molar-refractivity contribution is -0.214. The fraction of sp³-hybridized carbons (Fsp3) is 1.00. The number of hydrogen-bond donors (Lipinski definition) is 1. The average molecular weight is 171 g/mol. The van der Waals surface area contributed by atoms with Gasteiger partial charge in [0.25, 0.3) is 0 Å². The Morgan fingerprint density at radius 3 is 2.27 bits per heavy atom. The number of halogens is 3. The Balaban J connectivity index is 3.76. The molecule has 68 valence electrons. The van der Waals surface area contributed by atoms with Crippen molar-refractivity contribution in [1.29, 1.82) is 0 Å². The van der Waals surface area contributed by atoms with Crippen LogP contribution in [0.25, 0.3) is 0 Å². The van der Waals surface area contributed by atoms with Crippen molar-refractivity contribution in [3.05, 3.63) is 0 Å². The Hall–Kier alpha value is -0.290. The maximum absolute atomic E-state index is 11.9. The monoisotopic (exact) mass is 171 g/mol. The van der Waals surface area contributed by atoms with Crippen LogP contribution in [-0.2, 0) is 4.74 Å². The zero-order valence-corrected chi connectivity index (χ0v) is 6.32. The molecule has 0 aromatic rings. The Kier molecular flexibility index (Phi) is 4.44. The van der Waals surface area contributed by atoms with Gasteiger partial charge in [-0.3, -0.25) is 0 Å². The maximum Gasteiger partial charge on any atom is 0.414 e. The summed E-state index contributed by atoms with van der Waals surface area (Å²) in [6, 6.07) is 0. The SMILES string of the molecule is COC(CCCN)C(F)(F)F. The summed E-state index contributed by atoms with van der Waals surface area (Å²) in [4.78, 5) is 0. The van der Waals surface area contributed by atoms with Crippen molar-refractivity contribution in [2.75, 3.05) is 13.7 Å². The van der Waals surface area contributed by atoms with E-state index >= 15 is 0 Å². The third kappa shape index (κ3) is 4.21. The third-order valence-electron chi connectivity index (χ3n) is 1.32. The van der Waals surface area contributed by atoms with E-state index in [1.54, 1.807) is 0 Å². The highest BCUT2D eigenvalue weighted by Crippen LogP contribution is 2.25. The van der Waals surface area contributed by atoms with Crippen LogP contribution < -0.4 is 5.73 Å². The first kappa shape index (κ1) is 10.7. The summed E-state index contributed by atoms with van der Waals surface area (Å²) in [5.41, 5.74) is 5.05. The number of nitrogens with two attached hydrogens (primary N) is 1. The van der Waals surface area contributed by atoms with Crippen LogP contribution in [0, 0.1) is 0 Å². The Labute approximate surface area is 63.5 Å². The number of methoxy groups -OCH3 is 1. The second kappa shape index (κ2) is 4.56. The van der Waals surface area contributed by atoms with Crippen molar-refractivity contribution in [2.24, 2.45) is 5.73 Å². The molecule has 0 amide bonds. The second-order valence-electron chi connectivity index (χ2n) is 2.20. The van der Waals surface area contributed by atoms with Crippen molar-refractivity contribution in [3.8, 4) is 0 Å². The molecule has 0 fully saturated rings. The quantitative estimate of drug-likeness (QED) is 0.692. The first-order chi connectivity index (χ1) is 5.02. The van der Waals surface area contributed by atoms with E-state index in [0.717, 1.165) is 7.11 Å². The molecule has 1 atom stereocenters. The summed E-state index contributed by atoms with van der Waals surface area (Å²) in [6.45, 7) is 0.260. The van der Waals surface area contributed by atoms with Gasteiger partial charge in [0.15, 0.2) is 6.10 Å². The standard InChI is InChI=1S/C6H12F3NO/c1-11-5(3-2-4-10)6(7,8)9/h5H,2-4,10H2,1H3. The van der Waals surface area contributed by atoms with Gasteiger partial charge in [0.2, 0.25) is 0 Å². The van der Waals surface area contributed by atoms with E-state index in [1.165, 1.54) is 0 Å². The fourth-order valence-corrected chi connectivity index (χ4v) is 0.718. The lowest BCUT2D eigenvalue weighted by Crippen LogP contribution is -2.31. The number of ether oxygens (including phenoxy) is 1. The highest BCUT2D eigenvalue weighted by Gasteiger charge is 2.38. The molecule has 0 bridgehead atoms. The molecule has 0 aromatic carbocycles. The molecular formula is C6H12F3NO. The summed E-state index contributed by atoms with van der Waals surface area (Å²) in [7, 11) is 1.05. The van der Waals surface area contributed by atoms with E-state index < -0.39 is 12.3 Å². The van der Waals surface area contributed by atoms with Crippen molar-refractivity contribution in [3.63, 3.8) is 0 Å². The van der Waals surface area contributed by atoms with Gasteiger partial charge in [0, 0.05) is 7.11 Å². The van der Waals surface area contributed by atoms with E-state index in [4.69, 9.17) is 5.73 Å². The number of alkyl halides is 3. The van der Waals surface area contributed by atoms with Crippen molar-refractivity contribution >= 4 is 0 Å². The molecule has 0 aliphatic carbocycles. The van der Waals surface area contributed by atoms with E-state index in [2.05, 4.69) is 4.74 Å². The molecule has 0 saturated heterocycles. The lowest BCUT2D eigenvalue weighted by atomic mass is 10.2. The van der Waals surface area contributed by atoms with Crippen LogP contribution in [-0.4, -0.2) is 25.9 Å². The highest BCUT2D eigenvalue weighted by molar-refractivity contribution is 4.66. The van der Waals surface area contributed by atoms with Crippen LogP contribution in [0.1, 0.15) is 12.8 Å². The number of hydrogen-bond acceptors (Lipinski definition) is 2. The molecule has 0 rings (SSSR count). The van der Waals surface area contributed by atoms with Crippen LogP contribution in [0.5, 0.6) is 0 Å². The molecule has 11 heavy (non-hydrogen) atoms. The highest BCUT2D eigenvalue weighted by atomic mass is 19.4. The summed E-state index contributed by atoms with van der Waals surface area (Å²) >= 11 is 0. The molecule has 2 nitrogen and oxygen atoms in total. The second-order valence-corrected chi connectivity index (χ2v) is 2.20. The molecule has 0 spiro atoms. The zero-order valence-electron chi connectivity index (χ0n) is 6.32. The van der Waals surface area contributed by atoms with E-state index in [1.807, 2.05) is 0 Å². The van der Waals surface area contributed by atoms with E-state index in [0.29, 0.717) is 6.42 Å². The van der Waals surface area contributed by atoms with Crippen molar-refractivity contribution in [2.45, 2.75) is 25.1 Å². The van der Waals surface area contributed by atoms with Crippen LogP contribution in [0.4, 0.5) is 13.2 Å². The first-order valence-corrected chi connectivity index (χ1v) is 3.32. The summed E-state index contributed by atoms with van der Waals surface area (Å²) < 4.78 is 39.9. The number of rotatable bonds is 4. The van der Waals surface area contributed by atoms with E-state index in [-0.39, 0.29) is 13.0 Å². The van der Waals surface area contributed by atoms with Gasteiger partial charge in [-0.15, -0.1) is 0 Å². The van der Waals surface area contributed by atoms with Crippen molar-refractivity contribution < 1.29 is 17.9 Å². The largest absolute Gasteiger partial charge is 0.414 e. The molecule has 0 saturated carbocycles. The summed E-state index contributed by atoms with van der Waals surface area (Å²) in [6.07, 6.45) is -5.65. The van der Waals surface area contributed by atoms with Gasteiger partial charge in [-0.05, 0) is 19.4 Å². The van der Waals surface area contributed by atoms with E-state index in [9.17, 15) is 13.2 Å². The molecule has 0 aromatic heterocycles. The van der Waals surface area contributed by atoms with Gasteiger partial charge in [-0.25, -0.2) is 0 Å². The van der Waals surface area contributed by atoms with Crippen LogP contribution in [0.15, 0.2) is 0 Å². The molecule has 0 aliphatic heterocycles. The summed E-state index contributed by atoms with van der Waals surface area (Å²) in [5.74, 6) is 0. The van der Waals surface area contributed by atoms with Crippen molar-refractivity contribution in [1.82, 2.24) is 0 Å². The minimum Gasteiger partial charge on any atom is -0.372 e. The van der Waals surface area contributed by atoms with Gasteiger partial charge in [0.05, 0.1) is 0 Å². The van der Waals surface area contributed by atoms with Gasteiger partial charge in [-0.2, -0.15) is 13.2 Å². The smallest absolute Gasteiger partial charge is 0.372 e. The molecule has 0 heterocycles. The summed E-state index contributed by atoms with van der Waals surface area (Å²) in [5, 5.41) is 0. The first-order valence-electron chi connectivity index (χ1n) is 3.32. The maximum atomic E-state index is 11.9. The normalized spacial score (nSPS) is 15.0. The Morgan fingerprint density at radius 1 is 1.45 bits per heavy atom. The minimum atomic E-state index is -4.26. The molecule has 1 unspecified atom stereocenters. The predicted octanol–water partition coefficient (Wildman–Crippen LogP) is 1.30. The molecule has 0 radical (unpaired) electrons. The molecule has 0 aliphatic rings. The Bertz CT molecular complexity index is 104. The third-order valence-corrected chi connectivity index (χ3v) is 1.32.